The first-order chi connectivity index (χ1) is 8.93. The molecule has 0 aromatic heterocycles. The lowest BCUT2D eigenvalue weighted by atomic mass is 9.95. The topological polar surface area (TPSA) is 81.6 Å². The van der Waals surface area contributed by atoms with Crippen molar-refractivity contribution in [2.45, 2.75) is 18.4 Å². The maximum atomic E-state index is 11.5. The first-order valence-corrected chi connectivity index (χ1v) is 6.42. The first-order valence-electron chi connectivity index (χ1n) is 6.42. The SMILES string of the molecule is CN(C)c1cccc(OCC(N)(C(N)=O)C2CC2)c1. The summed E-state index contributed by atoms with van der Waals surface area (Å²) in [5.74, 6) is 0.365. The van der Waals surface area contributed by atoms with Crippen LogP contribution in [0.15, 0.2) is 24.3 Å². The van der Waals surface area contributed by atoms with Gasteiger partial charge >= 0.3 is 0 Å². The lowest BCUT2D eigenvalue weighted by molar-refractivity contribution is -0.125. The molecule has 5 nitrogen and oxygen atoms in total. The fourth-order valence-corrected chi connectivity index (χ4v) is 2.04. The number of hydrogen-bond donors (Lipinski definition) is 2. The fraction of sp³-hybridized carbons (Fsp3) is 0.500. The third-order valence-corrected chi connectivity index (χ3v) is 3.58. The van der Waals surface area contributed by atoms with Crippen LogP contribution in [0.1, 0.15) is 12.8 Å². The Labute approximate surface area is 113 Å². The Kier molecular flexibility index (Phi) is 3.66. The van der Waals surface area contributed by atoms with E-state index in [1.54, 1.807) is 0 Å². The van der Waals surface area contributed by atoms with Gasteiger partial charge in [-0.15, -0.1) is 0 Å². The van der Waals surface area contributed by atoms with Gasteiger partial charge in [-0.2, -0.15) is 0 Å². The van der Waals surface area contributed by atoms with Crippen molar-refractivity contribution >= 4 is 11.6 Å². The van der Waals surface area contributed by atoms with E-state index in [2.05, 4.69) is 0 Å². The van der Waals surface area contributed by atoms with E-state index in [0.717, 1.165) is 18.5 Å². The van der Waals surface area contributed by atoms with Crippen LogP contribution in [-0.2, 0) is 4.79 Å². The Balaban J connectivity index is 2.05. The van der Waals surface area contributed by atoms with Crippen LogP contribution in [0.3, 0.4) is 0 Å². The molecule has 1 amide bonds. The number of carbonyl (C=O) groups is 1. The highest BCUT2D eigenvalue weighted by molar-refractivity contribution is 5.85. The van der Waals surface area contributed by atoms with Crippen LogP contribution in [0, 0.1) is 5.92 Å². The second-order valence-corrected chi connectivity index (χ2v) is 5.36. The number of primary amides is 1. The molecule has 1 aliphatic rings. The molecule has 0 aliphatic heterocycles. The van der Waals surface area contributed by atoms with E-state index in [1.165, 1.54) is 0 Å². The molecule has 0 spiro atoms. The lowest BCUT2D eigenvalue weighted by Crippen LogP contribution is -2.58. The number of anilines is 1. The smallest absolute Gasteiger partial charge is 0.241 e. The quantitative estimate of drug-likeness (QED) is 0.792. The standard InChI is InChI=1S/C14H21N3O2/c1-17(2)11-4-3-5-12(8-11)19-9-14(16,13(15)18)10-6-7-10/h3-5,8,10H,6-7,9,16H2,1-2H3,(H2,15,18). The Morgan fingerprint density at radius 2 is 2.16 bits per heavy atom. The Morgan fingerprint density at radius 3 is 2.68 bits per heavy atom. The molecule has 104 valence electrons. The van der Waals surface area contributed by atoms with Gasteiger partial charge in [0.25, 0.3) is 0 Å². The zero-order valence-electron chi connectivity index (χ0n) is 11.4. The van der Waals surface area contributed by atoms with E-state index in [0.29, 0.717) is 5.75 Å². The molecule has 1 unspecified atom stereocenters. The van der Waals surface area contributed by atoms with E-state index in [4.69, 9.17) is 16.2 Å². The van der Waals surface area contributed by atoms with E-state index in [1.807, 2.05) is 43.3 Å². The third-order valence-electron chi connectivity index (χ3n) is 3.58. The average molecular weight is 263 g/mol. The Hall–Kier alpha value is -1.75. The highest BCUT2D eigenvalue weighted by Gasteiger charge is 2.47. The van der Waals surface area contributed by atoms with Gasteiger partial charge < -0.3 is 21.1 Å². The molecule has 0 saturated heterocycles. The van der Waals surface area contributed by atoms with Crippen LogP contribution in [0.2, 0.25) is 0 Å². The highest BCUT2D eigenvalue weighted by Crippen LogP contribution is 2.38. The summed E-state index contributed by atoms with van der Waals surface area (Å²) < 4.78 is 5.67. The maximum absolute atomic E-state index is 11.5. The average Bonchev–Trinajstić information content (AvgIpc) is 3.20. The first kappa shape index (κ1) is 13.7. The molecule has 0 bridgehead atoms. The molecule has 1 aromatic carbocycles. The van der Waals surface area contributed by atoms with Gasteiger partial charge in [-0.3, -0.25) is 4.79 Å². The second kappa shape index (κ2) is 5.09. The number of ether oxygens (including phenoxy) is 1. The predicted octanol–water partition coefficient (Wildman–Crippen LogP) is 0.724. The van der Waals surface area contributed by atoms with Gasteiger partial charge in [0.05, 0.1) is 0 Å². The molecule has 1 fully saturated rings. The van der Waals surface area contributed by atoms with Crippen LogP contribution >= 0.6 is 0 Å². The van der Waals surface area contributed by atoms with Gasteiger partial charge in [-0.1, -0.05) is 6.07 Å². The van der Waals surface area contributed by atoms with Crippen molar-refractivity contribution < 1.29 is 9.53 Å². The number of nitrogens with zero attached hydrogens (tertiary/aromatic N) is 1. The van der Waals surface area contributed by atoms with Crippen LogP contribution in [0.25, 0.3) is 0 Å². The summed E-state index contributed by atoms with van der Waals surface area (Å²) in [4.78, 5) is 13.5. The Morgan fingerprint density at radius 1 is 1.47 bits per heavy atom. The van der Waals surface area contributed by atoms with Gasteiger partial charge in [0.15, 0.2) is 0 Å². The van der Waals surface area contributed by atoms with Crippen molar-refractivity contribution in [1.82, 2.24) is 0 Å². The van der Waals surface area contributed by atoms with Gasteiger partial charge in [0, 0.05) is 25.8 Å². The lowest BCUT2D eigenvalue weighted by Gasteiger charge is -2.26. The number of nitrogens with two attached hydrogens (primary N) is 2. The van der Waals surface area contributed by atoms with E-state index < -0.39 is 11.4 Å². The summed E-state index contributed by atoms with van der Waals surface area (Å²) in [5, 5.41) is 0. The number of hydrogen-bond acceptors (Lipinski definition) is 4. The largest absolute Gasteiger partial charge is 0.491 e. The zero-order chi connectivity index (χ0) is 14.0. The van der Waals surface area contributed by atoms with E-state index >= 15 is 0 Å². The number of benzene rings is 1. The van der Waals surface area contributed by atoms with Crippen molar-refractivity contribution in [2.75, 3.05) is 25.6 Å². The molecule has 1 aromatic rings. The molecule has 0 radical (unpaired) electrons. The summed E-state index contributed by atoms with van der Waals surface area (Å²) in [6.07, 6.45) is 1.89. The van der Waals surface area contributed by atoms with Crippen molar-refractivity contribution in [3.05, 3.63) is 24.3 Å². The summed E-state index contributed by atoms with van der Waals surface area (Å²) in [7, 11) is 3.92. The summed E-state index contributed by atoms with van der Waals surface area (Å²) in [6.45, 7) is 0.129. The zero-order valence-corrected chi connectivity index (χ0v) is 11.4. The van der Waals surface area contributed by atoms with Gasteiger partial charge in [-0.25, -0.2) is 0 Å². The second-order valence-electron chi connectivity index (χ2n) is 5.36. The van der Waals surface area contributed by atoms with Gasteiger partial charge in [0.1, 0.15) is 17.9 Å². The number of amides is 1. The third kappa shape index (κ3) is 2.98. The minimum absolute atomic E-state index is 0.129. The summed E-state index contributed by atoms with van der Waals surface area (Å²) in [5.41, 5.74) is 11.5. The minimum Gasteiger partial charge on any atom is -0.491 e. The maximum Gasteiger partial charge on any atom is 0.241 e. The van der Waals surface area contributed by atoms with Crippen molar-refractivity contribution in [1.29, 1.82) is 0 Å². The van der Waals surface area contributed by atoms with Crippen LogP contribution in [0.5, 0.6) is 5.75 Å². The molecular weight excluding hydrogens is 242 g/mol. The molecule has 2 rings (SSSR count). The summed E-state index contributed by atoms with van der Waals surface area (Å²) in [6, 6.07) is 7.65. The molecule has 0 heterocycles. The van der Waals surface area contributed by atoms with Crippen molar-refractivity contribution in [2.24, 2.45) is 17.4 Å². The predicted molar refractivity (Wildman–Crippen MR) is 75.1 cm³/mol. The van der Waals surface area contributed by atoms with E-state index in [9.17, 15) is 4.79 Å². The van der Waals surface area contributed by atoms with Crippen molar-refractivity contribution in [3.63, 3.8) is 0 Å². The number of carbonyl (C=O) groups excluding carboxylic acids is 1. The normalized spacial score (nSPS) is 17.6. The summed E-state index contributed by atoms with van der Waals surface area (Å²) >= 11 is 0. The van der Waals surface area contributed by atoms with E-state index in [-0.39, 0.29) is 12.5 Å². The molecule has 19 heavy (non-hydrogen) atoms. The molecule has 1 saturated carbocycles. The van der Waals surface area contributed by atoms with Gasteiger partial charge in [-0.05, 0) is 30.9 Å². The number of rotatable bonds is 6. The minimum atomic E-state index is -1.05. The van der Waals surface area contributed by atoms with Crippen LogP contribution in [-0.4, -0.2) is 32.1 Å². The fourth-order valence-electron chi connectivity index (χ4n) is 2.04. The van der Waals surface area contributed by atoms with Crippen molar-refractivity contribution in [3.8, 4) is 5.75 Å². The van der Waals surface area contributed by atoms with Gasteiger partial charge in [0.2, 0.25) is 5.91 Å². The monoisotopic (exact) mass is 263 g/mol. The molecule has 5 heteroatoms. The molecular formula is C14H21N3O2. The molecule has 1 aliphatic carbocycles. The van der Waals surface area contributed by atoms with Crippen LogP contribution in [0.4, 0.5) is 5.69 Å². The highest BCUT2D eigenvalue weighted by atomic mass is 16.5. The Bertz CT molecular complexity index is 472. The molecule has 4 N–H and O–H groups in total. The molecule has 1 atom stereocenters. The van der Waals surface area contributed by atoms with Crippen LogP contribution < -0.4 is 21.1 Å².